The molecule has 0 bridgehead atoms. The van der Waals surface area contributed by atoms with Crippen LogP contribution in [-0.4, -0.2) is 36.3 Å². The van der Waals surface area contributed by atoms with E-state index in [1.807, 2.05) is 13.8 Å². The largest absolute Gasteiger partial charge is 0.476 e. The van der Waals surface area contributed by atoms with Crippen molar-refractivity contribution in [2.75, 3.05) is 37.4 Å². The predicted octanol–water partition coefficient (Wildman–Crippen LogP) is 2.59. The van der Waals surface area contributed by atoms with Gasteiger partial charge in [0.2, 0.25) is 5.88 Å². The van der Waals surface area contributed by atoms with Crippen LogP contribution in [0, 0.1) is 0 Å². The zero-order chi connectivity index (χ0) is 15.9. The molecule has 0 aliphatic rings. The van der Waals surface area contributed by atoms with E-state index in [-0.39, 0.29) is 5.41 Å². The Balaban J connectivity index is 2.87. The molecule has 0 saturated heterocycles. The molecule has 1 heterocycles. The van der Waals surface area contributed by atoms with Crippen molar-refractivity contribution in [3.8, 4) is 5.88 Å². The SMILES string of the molecule is CCOCCCNc1nc(C(C)(C)C)nc(OCC)c1N. The average Bonchev–Trinajstić information content (AvgIpc) is 2.41. The zero-order valence-corrected chi connectivity index (χ0v) is 13.8. The second kappa shape index (κ2) is 8.02. The molecular formula is C15H28N4O2. The molecule has 1 aromatic rings. The van der Waals surface area contributed by atoms with Crippen molar-refractivity contribution in [1.29, 1.82) is 0 Å². The standard InChI is InChI=1S/C15H28N4O2/c1-6-20-10-8-9-17-12-11(16)13(21-7-2)19-14(18-12)15(3,4)5/h6-10,16H2,1-5H3,(H,17,18,19). The first-order chi connectivity index (χ1) is 9.90. The summed E-state index contributed by atoms with van der Waals surface area (Å²) in [7, 11) is 0. The molecule has 0 saturated carbocycles. The predicted molar refractivity (Wildman–Crippen MR) is 85.9 cm³/mol. The molecule has 0 aliphatic carbocycles. The molecule has 0 aromatic carbocycles. The number of nitrogen functional groups attached to an aromatic ring is 1. The number of aromatic nitrogens is 2. The number of hydrogen-bond acceptors (Lipinski definition) is 6. The third kappa shape index (κ3) is 5.38. The summed E-state index contributed by atoms with van der Waals surface area (Å²) < 4.78 is 10.8. The summed E-state index contributed by atoms with van der Waals surface area (Å²) in [6.45, 7) is 12.8. The second-order valence-corrected chi connectivity index (χ2v) is 5.77. The van der Waals surface area contributed by atoms with Gasteiger partial charge >= 0.3 is 0 Å². The highest BCUT2D eigenvalue weighted by molar-refractivity contribution is 5.67. The van der Waals surface area contributed by atoms with Gasteiger partial charge in [0.25, 0.3) is 0 Å². The summed E-state index contributed by atoms with van der Waals surface area (Å²) >= 11 is 0. The lowest BCUT2D eigenvalue weighted by atomic mass is 9.96. The van der Waals surface area contributed by atoms with Crippen molar-refractivity contribution >= 4 is 11.5 Å². The van der Waals surface area contributed by atoms with Crippen LogP contribution in [-0.2, 0) is 10.2 Å². The maximum atomic E-state index is 6.08. The number of anilines is 2. The number of rotatable bonds is 8. The molecule has 0 spiro atoms. The van der Waals surface area contributed by atoms with E-state index in [0.29, 0.717) is 29.8 Å². The van der Waals surface area contributed by atoms with E-state index < -0.39 is 0 Å². The average molecular weight is 296 g/mol. The van der Waals surface area contributed by atoms with Crippen LogP contribution in [0.4, 0.5) is 11.5 Å². The van der Waals surface area contributed by atoms with Crippen molar-refractivity contribution in [3.63, 3.8) is 0 Å². The number of ether oxygens (including phenoxy) is 2. The highest BCUT2D eigenvalue weighted by atomic mass is 16.5. The van der Waals surface area contributed by atoms with Crippen LogP contribution in [0.25, 0.3) is 0 Å². The van der Waals surface area contributed by atoms with E-state index in [9.17, 15) is 0 Å². The van der Waals surface area contributed by atoms with Crippen LogP contribution in [0.15, 0.2) is 0 Å². The van der Waals surface area contributed by atoms with Crippen LogP contribution in [0.5, 0.6) is 5.88 Å². The van der Waals surface area contributed by atoms with Crippen molar-refractivity contribution in [2.24, 2.45) is 0 Å². The molecule has 3 N–H and O–H groups in total. The van der Waals surface area contributed by atoms with Crippen molar-refractivity contribution in [3.05, 3.63) is 5.82 Å². The van der Waals surface area contributed by atoms with Crippen molar-refractivity contribution in [2.45, 2.75) is 46.5 Å². The molecule has 21 heavy (non-hydrogen) atoms. The Morgan fingerprint density at radius 1 is 1.14 bits per heavy atom. The Morgan fingerprint density at radius 3 is 2.43 bits per heavy atom. The van der Waals surface area contributed by atoms with Crippen LogP contribution in [0.2, 0.25) is 0 Å². The van der Waals surface area contributed by atoms with Gasteiger partial charge in [-0.15, -0.1) is 0 Å². The first kappa shape index (κ1) is 17.5. The first-order valence-electron chi connectivity index (χ1n) is 7.52. The third-order valence-corrected chi connectivity index (χ3v) is 2.82. The van der Waals surface area contributed by atoms with Crippen molar-refractivity contribution < 1.29 is 9.47 Å². The van der Waals surface area contributed by atoms with Crippen LogP contribution in [0.3, 0.4) is 0 Å². The van der Waals surface area contributed by atoms with Gasteiger partial charge in [0.1, 0.15) is 11.5 Å². The van der Waals surface area contributed by atoms with Crippen LogP contribution < -0.4 is 15.8 Å². The van der Waals surface area contributed by atoms with Crippen LogP contribution in [0.1, 0.15) is 46.9 Å². The number of nitrogens with two attached hydrogens (primary N) is 1. The highest BCUT2D eigenvalue weighted by Gasteiger charge is 2.22. The minimum atomic E-state index is -0.165. The lowest BCUT2D eigenvalue weighted by Gasteiger charge is -2.20. The monoisotopic (exact) mass is 296 g/mol. The van der Waals surface area contributed by atoms with Gasteiger partial charge in [-0.3, -0.25) is 0 Å². The first-order valence-corrected chi connectivity index (χ1v) is 7.52. The zero-order valence-electron chi connectivity index (χ0n) is 13.8. The van der Waals surface area contributed by atoms with Crippen LogP contribution >= 0.6 is 0 Å². The topological polar surface area (TPSA) is 82.3 Å². The lowest BCUT2D eigenvalue weighted by Crippen LogP contribution is -2.20. The Hall–Kier alpha value is -1.56. The van der Waals surface area contributed by atoms with Gasteiger partial charge in [0.15, 0.2) is 5.82 Å². The van der Waals surface area contributed by atoms with E-state index in [2.05, 4.69) is 36.1 Å². The lowest BCUT2D eigenvalue weighted by molar-refractivity contribution is 0.147. The van der Waals surface area contributed by atoms with Gasteiger partial charge < -0.3 is 20.5 Å². The van der Waals surface area contributed by atoms with E-state index in [0.717, 1.165) is 26.2 Å². The summed E-state index contributed by atoms with van der Waals surface area (Å²) in [6, 6.07) is 0. The van der Waals surface area contributed by atoms with E-state index >= 15 is 0 Å². The highest BCUT2D eigenvalue weighted by Crippen LogP contribution is 2.30. The minimum Gasteiger partial charge on any atom is -0.476 e. The summed E-state index contributed by atoms with van der Waals surface area (Å²) in [4.78, 5) is 8.96. The molecule has 120 valence electrons. The fourth-order valence-corrected chi connectivity index (χ4v) is 1.69. The van der Waals surface area contributed by atoms with E-state index in [4.69, 9.17) is 15.2 Å². The number of nitrogens with zero attached hydrogens (tertiary/aromatic N) is 2. The smallest absolute Gasteiger partial charge is 0.242 e. The molecule has 0 fully saturated rings. The molecule has 0 amide bonds. The van der Waals surface area contributed by atoms with Gasteiger partial charge in [-0.25, -0.2) is 4.98 Å². The fourth-order valence-electron chi connectivity index (χ4n) is 1.69. The second-order valence-electron chi connectivity index (χ2n) is 5.77. The summed E-state index contributed by atoms with van der Waals surface area (Å²) in [6.07, 6.45) is 0.895. The molecular weight excluding hydrogens is 268 g/mol. The maximum Gasteiger partial charge on any atom is 0.242 e. The Bertz CT molecular complexity index is 444. The quantitative estimate of drug-likeness (QED) is 0.718. The molecule has 6 nitrogen and oxygen atoms in total. The fraction of sp³-hybridized carbons (Fsp3) is 0.733. The molecule has 0 unspecified atom stereocenters. The minimum absolute atomic E-state index is 0.165. The molecule has 0 aliphatic heterocycles. The van der Waals surface area contributed by atoms with Gasteiger partial charge in [0.05, 0.1) is 6.61 Å². The molecule has 1 rings (SSSR count). The molecule has 1 aromatic heterocycles. The normalized spacial score (nSPS) is 11.5. The van der Waals surface area contributed by atoms with Gasteiger partial charge in [-0.05, 0) is 20.3 Å². The summed E-state index contributed by atoms with van der Waals surface area (Å²) in [5.41, 5.74) is 6.37. The molecule has 0 atom stereocenters. The molecule has 6 heteroatoms. The van der Waals surface area contributed by atoms with Crippen molar-refractivity contribution in [1.82, 2.24) is 9.97 Å². The van der Waals surface area contributed by atoms with Gasteiger partial charge in [-0.1, -0.05) is 20.8 Å². The van der Waals surface area contributed by atoms with Gasteiger partial charge in [-0.2, -0.15) is 4.98 Å². The Labute approximate surface area is 127 Å². The van der Waals surface area contributed by atoms with E-state index in [1.54, 1.807) is 0 Å². The Morgan fingerprint density at radius 2 is 1.86 bits per heavy atom. The third-order valence-electron chi connectivity index (χ3n) is 2.82. The van der Waals surface area contributed by atoms with E-state index in [1.165, 1.54) is 0 Å². The summed E-state index contributed by atoms with van der Waals surface area (Å²) in [5, 5.41) is 3.25. The maximum absolute atomic E-state index is 6.08. The summed E-state index contributed by atoms with van der Waals surface area (Å²) in [5.74, 6) is 1.80. The number of nitrogens with one attached hydrogen (secondary N) is 1. The molecule has 0 radical (unpaired) electrons. The Kier molecular flexibility index (Phi) is 6.68. The number of hydrogen-bond donors (Lipinski definition) is 2. The van der Waals surface area contributed by atoms with Gasteiger partial charge in [0, 0.05) is 25.2 Å².